The predicted molar refractivity (Wildman–Crippen MR) is 59.2 cm³/mol. The van der Waals surface area contributed by atoms with Gasteiger partial charge in [0.2, 0.25) is 0 Å². The van der Waals surface area contributed by atoms with Gasteiger partial charge in [0.1, 0.15) is 0 Å². The molecule has 0 heterocycles. The molecular weight excluding hydrogens is 239 g/mol. The van der Waals surface area contributed by atoms with Crippen LogP contribution in [0.5, 0.6) is 0 Å². The van der Waals surface area contributed by atoms with Crippen molar-refractivity contribution in [3.05, 3.63) is 40.4 Å². The van der Waals surface area contributed by atoms with Gasteiger partial charge in [-0.15, -0.1) is 0 Å². The first kappa shape index (κ1) is 13.1. The van der Waals surface area contributed by atoms with E-state index in [-0.39, 0.29) is 5.02 Å². The maximum Gasteiger partial charge on any atom is 0.417 e. The average molecular weight is 250 g/mol. The fourth-order valence-corrected chi connectivity index (χ4v) is 1.48. The highest BCUT2D eigenvalue weighted by atomic mass is 35.5. The molecule has 0 fully saturated rings. The van der Waals surface area contributed by atoms with Gasteiger partial charge >= 0.3 is 6.18 Å². The minimum absolute atomic E-state index is 0.289. The highest BCUT2D eigenvalue weighted by molar-refractivity contribution is 6.31. The molecule has 1 aromatic rings. The van der Waals surface area contributed by atoms with E-state index in [0.29, 0.717) is 18.5 Å². The monoisotopic (exact) mass is 249 g/mol. The minimum Gasteiger partial charge on any atom is -0.330 e. The van der Waals surface area contributed by atoms with Crippen molar-refractivity contribution in [1.29, 1.82) is 0 Å². The van der Waals surface area contributed by atoms with Gasteiger partial charge in [0, 0.05) is 0 Å². The fourth-order valence-electron chi connectivity index (χ4n) is 1.18. The second kappa shape index (κ2) is 5.37. The zero-order valence-corrected chi connectivity index (χ0v) is 9.15. The first-order chi connectivity index (χ1) is 7.45. The summed E-state index contributed by atoms with van der Waals surface area (Å²) in [6.07, 6.45) is -0.243. The second-order valence-corrected chi connectivity index (χ2v) is 3.62. The van der Waals surface area contributed by atoms with Gasteiger partial charge in [-0.2, -0.15) is 13.2 Å². The van der Waals surface area contributed by atoms with Crippen LogP contribution in [0.15, 0.2) is 24.3 Å². The van der Waals surface area contributed by atoms with Gasteiger partial charge in [-0.3, -0.25) is 0 Å². The molecule has 1 rings (SSSR count). The summed E-state index contributed by atoms with van der Waals surface area (Å²) >= 11 is 5.55. The molecule has 16 heavy (non-hydrogen) atoms. The molecule has 0 atom stereocenters. The Morgan fingerprint density at radius 3 is 2.50 bits per heavy atom. The number of rotatable bonds is 3. The molecule has 0 aromatic heterocycles. The Morgan fingerprint density at radius 1 is 1.31 bits per heavy atom. The van der Waals surface area contributed by atoms with Crippen molar-refractivity contribution in [1.82, 2.24) is 0 Å². The van der Waals surface area contributed by atoms with E-state index in [1.807, 2.05) is 0 Å². The van der Waals surface area contributed by atoms with Gasteiger partial charge < -0.3 is 5.73 Å². The first-order valence-electron chi connectivity index (χ1n) is 4.68. The molecule has 0 aliphatic heterocycles. The van der Waals surface area contributed by atoms with Crippen molar-refractivity contribution >= 4 is 17.7 Å². The molecule has 88 valence electrons. The Bertz CT molecular complexity index is 385. The third-order valence-corrected chi connectivity index (χ3v) is 2.25. The highest BCUT2D eigenvalue weighted by Gasteiger charge is 2.32. The molecule has 1 nitrogen and oxygen atoms in total. The summed E-state index contributed by atoms with van der Waals surface area (Å²) < 4.78 is 37.1. The van der Waals surface area contributed by atoms with Crippen LogP contribution in [0.3, 0.4) is 0 Å². The summed E-state index contributed by atoms with van der Waals surface area (Å²) in [5, 5.41) is -0.289. The molecule has 1 aromatic carbocycles. The number of halogens is 4. The van der Waals surface area contributed by atoms with Crippen molar-refractivity contribution < 1.29 is 13.2 Å². The summed E-state index contributed by atoms with van der Waals surface area (Å²) in [5.41, 5.74) is 5.09. The van der Waals surface area contributed by atoms with Gasteiger partial charge in [0.15, 0.2) is 0 Å². The summed E-state index contributed by atoms with van der Waals surface area (Å²) in [6.45, 7) is 0.505. The van der Waals surface area contributed by atoms with E-state index < -0.39 is 11.7 Å². The van der Waals surface area contributed by atoms with Crippen molar-refractivity contribution in [2.24, 2.45) is 5.73 Å². The maximum absolute atomic E-state index is 12.4. The van der Waals surface area contributed by atoms with Crippen molar-refractivity contribution in [2.75, 3.05) is 6.54 Å². The summed E-state index contributed by atoms with van der Waals surface area (Å²) in [5.74, 6) is 0. The molecule has 0 radical (unpaired) electrons. The van der Waals surface area contributed by atoms with Gasteiger partial charge in [0.05, 0.1) is 10.6 Å². The summed E-state index contributed by atoms with van der Waals surface area (Å²) in [7, 11) is 0. The molecule has 0 aliphatic rings. The fraction of sp³-hybridized carbons (Fsp3) is 0.273. The minimum atomic E-state index is -4.41. The van der Waals surface area contributed by atoms with E-state index in [1.54, 1.807) is 12.2 Å². The van der Waals surface area contributed by atoms with Crippen LogP contribution in [0.4, 0.5) is 13.2 Å². The SMILES string of the molecule is NCCC=Cc1ccc(C(F)(F)F)c(Cl)c1. The lowest BCUT2D eigenvalue weighted by atomic mass is 10.1. The van der Waals surface area contributed by atoms with Crippen LogP contribution < -0.4 is 5.73 Å². The Hall–Kier alpha value is -1.00. The Balaban J connectivity index is 2.91. The van der Waals surface area contributed by atoms with Gasteiger partial charge in [0.25, 0.3) is 0 Å². The van der Waals surface area contributed by atoms with Gasteiger partial charge in [-0.25, -0.2) is 0 Å². The van der Waals surface area contributed by atoms with Crippen LogP contribution in [0.2, 0.25) is 5.02 Å². The molecule has 0 spiro atoms. The smallest absolute Gasteiger partial charge is 0.330 e. The molecular formula is C11H11ClF3N. The summed E-state index contributed by atoms with van der Waals surface area (Å²) in [6, 6.07) is 3.64. The zero-order valence-electron chi connectivity index (χ0n) is 8.39. The largest absolute Gasteiger partial charge is 0.417 e. The Morgan fingerprint density at radius 2 is 2.00 bits per heavy atom. The lowest BCUT2D eigenvalue weighted by Crippen LogP contribution is -2.05. The quantitative estimate of drug-likeness (QED) is 0.868. The number of nitrogens with two attached hydrogens (primary N) is 1. The molecule has 0 bridgehead atoms. The van der Waals surface area contributed by atoms with E-state index in [1.165, 1.54) is 12.1 Å². The van der Waals surface area contributed by atoms with Crippen molar-refractivity contribution in [2.45, 2.75) is 12.6 Å². The maximum atomic E-state index is 12.4. The average Bonchev–Trinajstić information content (AvgIpc) is 2.16. The zero-order chi connectivity index (χ0) is 12.2. The van der Waals surface area contributed by atoms with E-state index in [4.69, 9.17) is 17.3 Å². The van der Waals surface area contributed by atoms with E-state index in [0.717, 1.165) is 6.07 Å². The van der Waals surface area contributed by atoms with E-state index >= 15 is 0 Å². The topological polar surface area (TPSA) is 26.0 Å². The molecule has 0 amide bonds. The number of alkyl halides is 3. The first-order valence-corrected chi connectivity index (χ1v) is 5.06. The van der Waals surface area contributed by atoms with Gasteiger partial charge in [-0.1, -0.05) is 29.8 Å². The lowest BCUT2D eigenvalue weighted by Gasteiger charge is -2.08. The molecule has 0 aliphatic carbocycles. The van der Waals surface area contributed by atoms with Crippen molar-refractivity contribution in [3.8, 4) is 0 Å². The van der Waals surface area contributed by atoms with Crippen LogP contribution in [-0.2, 0) is 6.18 Å². The van der Waals surface area contributed by atoms with Crippen LogP contribution in [0.1, 0.15) is 17.5 Å². The third kappa shape index (κ3) is 3.54. The van der Waals surface area contributed by atoms with Gasteiger partial charge in [-0.05, 0) is 30.7 Å². The van der Waals surface area contributed by atoms with Crippen LogP contribution in [-0.4, -0.2) is 6.54 Å². The standard InChI is InChI=1S/C11H11ClF3N/c12-10-7-8(3-1-2-6-16)4-5-9(10)11(13,14)15/h1,3-5,7H,2,6,16H2. The number of hydrogen-bond acceptors (Lipinski definition) is 1. The third-order valence-electron chi connectivity index (χ3n) is 1.94. The molecule has 2 N–H and O–H groups in total. The highest BCUT2D eigenvalue weighted by Crippen LogP contribution is 2.35. The lowest BCUT2D eigenvalue weighted by molar-refractivity contribution is -0.137. The number of hydrogen-bond donors (Lipinski definition) is 1. The molecule has 0 unspecified atom stereocenters. The van der Waals surface area contributed by atoms with Crippen LogP contribution >= 0.6 is 11.6 Å². The molecule has 0 saturated heterocycles. The van der Waals surface area contributed by atoms with Crippen LogP contribution in [0.25, 0.3) is 6.08 Å². The normalized spacial score (nSPS) is 12.3. The molecule has 5 heteroatoms. The molecule has 0 saturated carbocycles. The summed E-state index contributed by atoms with van der Waals surface area (Å²) in [4.78, 5) is 0. The Labute approximate surface area is 96.7 Å². The van der Waals surface area contributed by atoms with E-state index in [2.05, 4.69) is 0 Å². The number of benzene rings is 1. The second-order valence-electron chi connectivity index (χ2n) is 3.22. The predicted octanol–water partition coefficient (Wildman–Crippen LogP) is 3.72. The van der Waals surface area contributed by atoms with E-state index in [9.17, 15) is 13.2 Å². The van der Waals surface area contributed by atoms with Crippen LogP contribution in [0, 0.1) is 0 Å². The van der Waals surface area contributed by atoms with Crippen molar-refractivity contribution in [3.63, 3.8) is 0 Å². The Kier molecular flexibility index (Phi) is 4.38.